The molecule has 0 aliphatic carbocycles. The molecule has 2 rings (SSSR count). The predicted molar refractivity (Wildman–Crippen MR) is 78.8 cm³/mol. The summed E-state index contributed by atoms with van der Waals surface area (Å²) in [4.78, 5) is 46.8. The van der Waals surface area contributed by atoms with E-state index in [1.165, 1.54) is 32.0 Å². The number of carbonyl (C=O) groups is 3. The Kier molecular flexibility index (Phi) is 4.44. The van der Waals surface area contributed by atoms with Crippen LogP contribution in [-0.2, 0) is 14.4 Å². The Morgan fingerprint density at radius 1 is 1.26 bits per heavy atom. The average Bonchev–Trinajstić information content (AvgIpc) is 2.79. The van der Waals surface area contributed by atoms with Crippen LogP contribution in [-0.4, -0.2) is 39.6 Å². The lowest BCUT2D eigenvalue weighted by Gasteiger charge is -2.26. The van der Waals surface area contributed by atoms with E-state index in [9.17, 15) is 24.5 Å². The van der Waals surface area contributed by atoms with Gasteiger partial charge in [-0.05, 0) is 19.9 Å². The van der Waals surface area contributed by atoms with Crippen LogP contribution in [0, 0.1) is 10.1 Å². The summed E-state index contributed by atoms with van der Waals surface area (Å²) in [5, 5.41) is 11.0. The molecule has 8 heteroatoms. The summed E-state index contributed by atoms with van der Waals surface area (Å²) >= 11 is 0. The van der Waals surface area contributed by atoms with Crippen LogP contribution in [0.25, 0.3) is 0 Å². The molecule has 1 heterocycles. The predicted octanol–water partition coefficient (Wildman–Crippen LogP) is 1.47. The van der Waals surface area contributed by atoms with Crippen molar-refractivity contribution in [1.29, 1.82) is 0 Å². The summed E-state index contributed by atoms with van der Waals surface area (Å²) in [6.07, 6.45) is 0.190. The number of ether oxygens (including phenoxy) is 1. The van der Waals surface area contributed by atoms with E-state index in [-0.39, 0.29) is 24.3 Å². The van der Waals surface area contributed by atoms with Crippen LogP contribution in [0.5, 0.6) is 5.75 Å². The number of likely N-dealkylation sites (tertiary alicyclic amines) is 1. The number of carbonyl (C=O) groups excluding carboxylic acids is 3. The number of hydrogen-bond acceptors (Lipinski definition) is 6. The number of nitro groups is 1. The first kappa shape index (κ1) is 16.6. The fourth-order valence-electron chi connectivity index (χ4n) is 2.16. The van der Waals surface area contributed by atoms with Gasteiger partial charge in [0.25, 0.3) is 0 Å². The minimum atomic E-state index is -1.42. The maximum absolute atomic E-state index is 12.4. The Bertz CT molecular complexity index is 666. The fourth-order valence-corrected chi connectivity index (χ4v) is 2.16. The standard InChI is InChI=1S/C15H16N2O6/c1-15(2,12(18)9-16-13(19)7-8-14(16)20)23-11-6-4-3-5-10(11)17(21)22/h3-6H,7-9H2,1-2H3. The van der Waals surface area contributed by atoms with Crippen molar-refractivity contribution in [2.75, 3.05) is 6.54 Å². The van der Waals surface area contributed by atoms with Gasteiger partial charge in [-0.25, -0.2) is 0 Å². The molecule has 1 aromatic carbocycles. The van der Waals surface area contributed by atoms with Gasteiger partial charge in [-0.15, -0.1) is 0 Å². The number of hydrogen-bond donors (Lipinski definition) is 0. The Labute approximate surface area is 132 Å². The van der Waals surface area contributed by atoms with E-state index >= 15 is 0 Å². The Morgan fingerprint density at radius 3 is 2.39 bits per heavy atom. The number of benzene rings is 1. The van der Waals surface area contributed by atoms with Crippen LogP contribution >= 0.6 is 0 Å². The number of amides is 2. The molecule has 2 amide bonds. The molecular formula is C15H16N2O6. The highest BCUT2D eigenvalue weighted by atomic mass is 16.6. The van der Waals surface area contributed by atoms with Gasteiger partial charge in [-0.3, -0.25) is 29.4 Å². The third kappa shape index (κ3) is 3.53. The number of nitrogens with zero attached hydrogens (tertiary/aromatic N) is 2. The molecule has 0 saturated carbocycles. The van der Waals surface area contributed by atoms with Crippen molar-refractivity contribution in [1.82, 2.24) is 4.90 Å². The minimum Gasteiger partial charge on any atom is -0.473 e. The Balaban J connectivity index is 2.15. The second kappa shape index (κ2) is 6.15. The smallest absolute Gasteiger partial charge is 0.310 e. The summed E-state index contributed by atoms with van der Waals surface area (Å²) in [6.45, 7) is 2.49. The first-order chi connectivity index (χ1) is 10.7. The molecule has 1 aromatic rings. The van der Waals surface area contributed by atoms with Gasteiger partial charge in [0.1, 0.15) is 0 Å². The van der Waals surface area contributed by atoms with Crippen LogP contribution in [0.2, 0.25) is 0 Å². The first-order valence-corrected chi connectivity index (χ1v) is 7.01. The molecule has 122 valence electrons. The molecule has 1 saturated heterocycles. The quantitative estimate of drug-likeness (QED) is 0.446. The molecule has 0 atom stereocenters. The normalized spacial score (nSPS) is 15.0. The number of imide groups is 1. The van der Waals surface area contributed by atoms with Crippen molar-refractivity contribution >= 4 is 23.3 Å². The number of para-hydroxylation sites is 2. The monoisotopic (exact) mass is 320 g/mol. The highest BCUT2D eigenvalue weighted by Crippen LogP contribution is 2.30. The molecule has 0 spiro atoms. The summed E-state index contributed by atoms with van der Waals surface area (Å²) in [7, 11) is 0. The lowest BCUT2D eigenvalue weighted by molar-refractivity contribution is -0.386. The van der Waals surface area contributed by atoms with Gasteiger partial charge in [-0.2, -0.15) is 0 Å². The van der Waals surface area contributed by atoms with Crippen molar-refractivity contribution in [2.45, 2.75) is 32.3 Å². The van der Waals surface area contributed by atoms with Gasteiger partial charge in [0, 0.05) is 18.9 Å². The number of rotatable bonds is 6. The van der Waals surface area contributed by atoms with Crippen LogP contribution in [0.15, 0.2) is 24.3 Å². The minimum absolute atomic E-state index is 0.0464. The van der Waals surface area contributed by atoms with Gasteiger partial charge >= 0.3 is 5.69 Å². The van der Waals surface area contributed by atoms with Gasteiger partial charge in [0.05, 0.1) is 11.5 Å². The van der Waals surface area contributed by atoms with Gasteiger partial charge in [0.15, 0.2) is 17.1 Å². The van der Waals surface area contributed by atoms with Crippen LogP contribution in [0.3, 0.4) is 0 Å². The maximum Gasteiger partial charge on any atom is 0.310 e. The third-order valence-electron chi connectivity index (χ3n) is 3.56. The van der Waals surface area contributed by atoms with Crippen LogP contribution in [0.1, 0.15) is 26.7 Å². The van der Waals surface area contributed by atoms with Crippen molar-refractivity contribution < 1.29 is 24.0 Å². The van der Waals surface area contributed by atoms with E-state index < -0.39 is 34.7 Å². The molecule has 0 unspecified atom stereocenters. The molecule has 1 aliphatic rings. The van der Waals surface area contributed by atoms with E-state index in [1.807, 2.05) is 0 Å². The van der Waals surface area contributed by atoms with E-state index in [4.69, 9.17) is 4.74 Å². The van der Waals surface area contributed by atoms with Gasteiger partial charge in [0.2, 0.25) is 11.8 Å². The summed E-state index contributed by atoms with van der Waals surface area (Å²) in [5.41, 5.74) is -1.68. The van der Waals surface area contributed by atoms with Crippen LogP contribution < -0.4 is 4.74 Å². The average molecular weight is 320 g/mol. The summed E-state index contributed by atoms with van der Waals surface area (Å²) < 4.78 is 5.50. The largest absolute Gasteiger partial charge is 0.473 e. The molecule has 8 nitrogen and oxygen atoms in total. The van der Waals surface area contributed by atoms with Gasteiger partial charge in [-0.1, -0.05) is 12.1 Å². The zero-order chi connectivity index (χ0) is 17.2. The van der Waals surface area contributed by atoms with Crippen molar-refractivity contribution in [3.05, 3.63) is 34.4 Å². The molecule has 0 bridgehead atoms. The summed E-state index contributed by atoms with van der Waals surface area (Å²) in [6, 6.07) is 5.69. The zero-order valence-electron chi connectivity index (χ0n) is 12.8. The van der Waals surface area contributed by atoms with E-state index in [1.54, 1.807) is 6.07 Å². The fraction of sp³-hybridized carbons (Fsp3) is 0.400. The summed E-state index contributed by atoms with van der Waals surface area (Å²) in [5.74, 6) is -1.36. The van der Waals surface area contributed by atoms with E-state index in [0.717, 1.165) is 4.90 Å². The molecule has 1 fully saturated rings. The Morgan fingerprint density at radius 2 is 1.83 bits per heavy atom. The maximum atomic E-state index is 12.4. The second-order valence-electron chi connectivity index (χ2n) is 5.63. The molecule has 0 N–H and O–H groups in total. The highest BCUT2D eigenvalue weighted by Gasteiger charge is 2.37. The first-order valence-electron chi connectivity index (χ1n) is 7.01. The second-order valence-corrected chi connectivity index (χ2v) is 5.63. The molecule has 1 aliphatic heterocycles. The van der Waals surface area contributed by atoms with Crippen molar-refractivity contribution in [3.8, 4) is 5.75 Å². The van der Waals surface area contributed by atoms with Crippen molar-refractivity contribution in [2.24, 2.45) is 0 Å². The lowest BCUT2D eigenvalue weighted by Crippen LogP contribution is -2.46. The highest BCUT2D eigenvalue weighted by molar-refractivity contribution is 6.05. The van der Waals surface area contributed by atoms with Gasteiger partial charge < -0.3 is 4.74 Å². The van der Waals surface area contributed by atoms with E-state index in [0.29, 0.717) is 0 Å². The molecule has 23 heavy (non-hydrogen) atoms. The topological polar surface area (TPSA) is 107 Å². The third-order valence-corrected chi connectivity index (χ3v) is 3.56. The molecular weight excluding hydrogens is 304 g/mol. The number of Topliss-reactive ketones (excluding diaryl/α,β-unsaturated/α-hetero) is 1. The number of nitro benzene ring substituents is 1. The SMILES string of the molecule is CC(C)(Oc1ccccc1[N+](=O)[O-])C(=O)CN1C(=O)CCC1=O. The number of ketones is 1. The van der Waals surface area contributed by atoms with Crippen molar-refractivity contribution in [3.63, 3.8) is 0 Å². The Hall–Kier alpha value is -2.77. The molecule has 0 aromatic heterocycles. The van der Waals surface area contributed by atoms with E-state index in [2.05, 4.69) is 0 Å². The van der Waals surface area contributed by atoms with Crippen LogP contribution in [0.4, 0.5) is 5.69 Å². The zero-order valence-corrected chi connectivity index (χ0v) is 12.8. The lowest BCUT2D eigenvalue weighted by atomic mass is 10.0. The molecule has 0 radical (unpaired) electrons.